The third-order valence-electron chi connectivity index (χ3n) is 4.87. The van der Waals surface area contributed by atoms with Crippen LogP contribution in [0.1, 0.15) is 30.1 Å². The summed E-state index contributed by atoms with van der Waals surface area (Å²) >= 11 is 0. The predicted molar refractivity (Wildman–Crippen MR) is 113 cm³/mol. The van der Waals surface area contributed by atoms with Crippen LogP contribution in [0.2, 0.25) is 0 Å². The highest BCUT2D eigenvalue weighted by molar-refractivity contribution is 6.04. The van der Waals surface area contributed by atoms with Crippen molar-refractivity contribution in [3.05, 3.63) is 48.0 Å². The average molecular weight is 395 g/mol. The Morgan fingerprint density at radius 3 is 2.45 bits per heavy atom. The van der Waals surface area contributed by atoms with Crippen molar-refractivity contribution in [2.45, 2.75) is 25.9 Å². The van der Waals surface area contributed by atoms with Gasteiger partial charge in [-0.15, -0.1) is 0 Å². The van der Waals surface area contributed by atoms with Crippen LogP contribution in [0.15, 0.2) is 42.5 Å². The Hall–Kier alpha value is -3.35. The number of likely N-dealkylation sites (N-methyl/N-ethyl adjacent to an activating group) is 1. The Labute approximate surface area is 170 Å². The van der Waals surface area contributed by atoms with Gasteiger partial charge in [0.2, 0.25) is 5.91 Å². The van der Waals surface area contributed by atoms with Crippen molar-refractivity contribution in [1.82, 2.24) is 0 Å². The van der Waals surface area contributed by atoms with Gasteiger partial charge in [0.05, 0.1) is 5.69 Å². The number of ketones is 1. The van der Waals surface area contributed by atoms with Crippen molar-refractivity contribution in [3.63, 3.8) is 0 Å². The van der Waals surface area contributed by atoms with Gasteiger partial charge in [-0.1, -0.05) is 0 Å². The molecule has 0 aromatic heterocycles. The van der Waals surface area contributed by atoms with Gasteiger partial charge >= 0.3 is 0 Å². The van der Waals surface area contributed by atoms with Gasteiger partial charge in [0.1, 0.15) is 5.75 Å². The minimum Gasteiger partial charge on any atom is -0.479 e. The molecule has 0 saturated heterocycles. The van der Waals surface area contributed by atoms with Crippen LogP contribution in [0.5, 0.6) is 5.75 Å². The molecule has 2 aromatic rings. The fourth-order valence-corrected chi connectivity index (χ4v) is 3.12. The molecule has 0 bridgehead atoms. The summed E-state index contributed by atoms with van der Waals surface area (Å²) in [6.07, 6.45) is -0.396. The van der Waals surface area contributed by atoms with E-state index in [9.17, 15) is 14.4 Å². The second-order valence-electron chi connectivity index (χ2n) is 7.25. The van der Waals surface area contributed by atoms with Gasteiger partial charge in [0, 0.05) is 50.9 Å². The summed E-state index contributed by atoms with van der Waals surface area (Å²) in [6, 6.07) is 12.5. The first kappa shape index (κ1) is 20.4. The highest BCUT2D eigenvalue weighted by Crippen LogP contribution is 2.34. The third kappa shape index (κ3) is 4.56. The summed E-state index contributed by atoms with van der Waals surface area (Å²) in [6.45, 7) is 1.69. The van der Waals surface area contributed by atoms with E-state index in [4.69, 9.17) is 4.74 Å². The molecule has 1 unspecified atom stereocenters. The number of amides is 2. The van der Waals surface area contributed by atoms with E-state index in [1.165, 1.54) is 4.90 Å². The molecule has 1 N–H and O–H groups in total. The highest BCUT2D eigenvalue weighted by atomic mass is 16.5. The number of rotatable bonds is 6. The molecule has 0 spiro atoms. The summed E-state index contributed by atoms with van der Waals surface area (Å²) in [7, 11) is 5.55. The lowest BCUT2D eigenvalue weighted by Gasteiger charge is -2.30. The number of fused-ring (bicyclic) bond motifs is 1. The van der Waals surface area contributed by atoms with E-state index >= 15 is 0 Å². The van der Waals surface area contributed by atoms with Crippen molar-refractivity contribution in [1.29, 1.82) is 0 Å². The minimum atomic E-state index is -0.551. The van der Waals surface area contributed by atoms with Gasteiger partial charge in [0.15, 0.2) is 11.9 Å². The molecule has 3 rings (SSSR count). The third-order valence-corrected chi connectivity index (χ3v) is 4.87. The zero-order valence-electron chi connectivity index (χ0n) is 17.1. The van der Waals surface area contributed by atoms with E-state index in [-0.39, 0.29) is 30.4 Å². The molecule has 7 nitrogen and oxygen atoms in total. The summed E-state index contributed by atoms with van der Waals surface area (Å²) in [5.74, 6) is 0.0144. The second kappa shape index (κ2) is 8.34. The number of anilines is 3. The lowest BCUT2D eigenvalue weighted by molar-refractivity contribution is -0.125. The first-order chi connectivity index (χ1) is 13.8. The fraction of sp³-hybridized carbons (Fsp3) is 0.318. The first-order valence-electron chi connectivity index (χ1n) is 9.45. The summed E-state index contributed by atoms with van der Waals surface area (Å²) < 4.78 is 5.57. The van der Waals surface area contributed by atoms with Gasteiger partial charge in [-0.25, -0.2) is 0 Å². The Morgan fingerprint density at radius 2 is 1.79 bits per heavy atom. The quantitative estimate of drug-likeness (QED) is 0.761. The number of carbonyl (C=O) groups is 3. The van der Waals surface area contributed by atoms with Crippen LogP contribution in [-0.2, 0) is 9.59 Å². The number of hydrogen-bond donors (Lipinski definition) is 1. The van der Waals surface area contributed by atoms with Crippen LogP contribution in [-0.4, -0.2) is 44.8 Å². The molecule has 0 fully saturated rings. The normalized spacial score (nSPS) is 15.4. The fourth-order valence-electron chi connectivity index (χ4n) is 3.12. The summed E-state index contributed by atoms with van der Waals surface area (Å²) in [5.41, 5.74) is 2.73. The largest absolute Gasteiger partial charge is 0.479 e. The molecule has 0 radical (unpaired) electrons. The van der Waals surface area contributed by atoms with E-state index in [1.807, 2.05) is 43.3 Å². The number of nitrogens with zero attached hydrogens (tertiary/aromatic N) is 2. The van der Waals surface area contributed by atoms with E-state index in [0.717, 1.165) is 5.69 Å². The Kier molecular flexibility index (Phi) is 5.87. The van der Waals surface area contributed by atoms with Gasteiger partial charge in [-0.3, -0.25) is 14.4 Å². The Balaban J connectivity index is 1.59. The van der Waals surface area contributed by atoms with E-state index in [2.05, 4.69) is 5.32 Å². The van der Waals surface area contributed by atoms with Crippen molar-refractivity contribution in [3.8, 4) is 5.75 Å². The maximum atomic E-state index is 12.5. The zero-order chi connectivity index (χ0) is 21.1. The smallest absolute Gasteiger partial charge is 0.267 e. The number of nitrogens with one attached hydrogen (secondary N) is 1. The van der Waals surface area contributed by atoms with Gasteiger partial charge < -0.3 is 19.9 Å². The SMILES string of the molecule is CC1Oc2ccc(C(=O)CCC(=O)Nc3ccc(N(C)C)cc3)cc2N(C)C1=O. The monoisotopic (exact) mass is 395 g/mol. The molecular weight excluding hydrogens is 370 g/mol. The van der Waals surface area contributed by atoms with Crippen LogP contribution in [0.3, 0.4) is 0 Å². The van der Waals surface area contributed by atoms with E-state index in [1.54, 1.807) is 32.2 Å². The molecule has 2 aromatic carbocycles. The minimum absolute atomic E-state index is 0.0770. The van der Waals surface area contributed by atoms with Crippen LogP contribution >= 0.6 is 0 Å². The predicted octanol–water partition coefficient (Wildman–Crippen LogP) is 3.10. The molecule has 2 amide bonds. The van der Waals surface area contributed by atoms with E-state index < -0.39 is 6.10 Å². The topological polar surface area (TPSA) is 79.0 Å². The molecule has 0 saturated carbocycles. The molecular formula is C22H25N3O4. The standard InChI is InChI=1S/C22H25N3O4/c1-14-22(28)25(4)18-13-15(5-11-20(18)29-14)19(26)10-12-21(27)23-16-6-8-17(9-7-16)24(2)3/h5-9,11,13-14H,10,12H2,1-4H3,(H,23,27). The molecule has 1 aliphatic rings. The number of Topliss-reactive ketones (excluding diaryl/α,β-unsaturated/α-hetero) is 1. The number of hydrogen-bond acceptors (Lipinski definition) is 5. The van der Waals surface area contributed by atoms with Crippen LogP contribution in [0.4, 0.5) is 17.1 Å². The molecule has 1 aliphatic heterocycles. The molecule has 0 aliphatic carbocycles. The maximum absolute atomic E-state index is 12.5. The van der Waals surface area contributed by atoms with Crippen molar-refractivity contribution >= 4 is 34.7 Å². The lowest BCUT2D eigenvalue weighted by atomic mass is 10.0. The average Bonchev–Trinajstić information content (AvgIpc) is 2.70. The summed E-state index contributed by atoms with van der Waals surface area (Å²) in [4.78, 5) is 40.3. The van der Waals surface area contributed by atoms with Crippen LogP contribution in [0, 0.1) is 0 Å². The number of carbonyl (C=O) groups excluding carboxylic acids is 3. The molecule has 29 heavy (non-hydrogen) atoms. The Morgan fingerprint density at radius 1 is 1.10 bits per heavy atom. The van der Waals surface area contributed by atoms with Crippen molar-refractivity contribution < 1.29 is 19.1 Å². The van der Waals surface area contributed by atoms with Crippen molar-refractivity contribution in [2.75, 3.05) is 36.3 Å². The molecule has 7 heteroatoms. The maximum Gasteiger partial charge on any atom is 0.267 e. The number of ether oxygens (including phenoxy) is 1. The molecule has 1 atom stereocenters. The van der Waals surface area contributed by atoms with Crippen LogP contribution in [0.25, 0.3) is 0 Å². The molecule has 1 heterocycles. The molecule has 152 valence electrons. The van der Waals surface area contributed by atoms with Crippen LogP contribution < -0.4 is 19.9 Å². The second-order valence-corrected chi connectivity index (χ2v) is 7.25. The van der Waals surface area contributed by atoms with Crippen molar-refractivity contribution in [2.24, 2.45) is 0 Å². The highest BCUT2D eigenvalue weighted by Gasteiger charge is 2.29. The van der Waals surface area contributed by atoms with Gasteiger partial charge in [-0.2, -0.15) is 0 Å². The Bertz CT molecular complexity index is 938. The van der Waals surface area contributed by atoms with Gasteiger partial charge in [-0.05, 0) is 49.4 Å². The number of benzene rings is 2. The lowest BCUT2D eigenvalue weighted by Crippen LogP contribution is -2.42. The zero-order valence-corrected chi connectivity index (χ0v) is 17.1. The first-order valence-corrected chi connectivity index (χ1v) is 9.45. The van der Waals surface area contributed by atoms with Gasteiger partial charge in [0.25, 0.3) is 5.91 Å². The van der Waals surface area contributed by atoms with E-state index in [0.29, 0.717) is 22.7 Å². The summed E-state index contributed by atoms with van der Waals surface area (Å²) in [5, 5.41) is 2.80.